The first-order valence-electron chi connectivity index (χ1n) is 9.49. The molecule has 3 rings (SSSR count). The molecule has 0 aromatic heterocycles. The highest BCUT2D eigenvalue weighted by molar-refractivity contribution is 6.02. The van der Waals surface area contributed by atoms with Crippen molar-refractivity contribution in [2.24, 2.45) is 5.10 Å². The highest BCUT2D eigenvalue weighted by Crippen LogP contribution is 2.29. The summed E-state index contributed by atoms with van der Waals surface area (Å²) >= 11 is 0. The molecule has 0 aliphatic rings. The second-order valence-corrected chi connectivity index (χ2v) is 6.70. The van der Waals surface area contributed by atoms with Crippen molar-refractivity contribution in [2.45, 2.75) is 18.4 Å². The first-order valence-corrected chi connectivity index (χ1v) is 9.49. The maximum atomic E-state index is 13.2. The average molecular weight is 402 g/mol. The molecule has 152 valence electrons. The minimum atomic E-state index is -1.96. The van der Waals surface area contributed by atoms with E-state index in [2.05, 4.69) is 10.5 Å². The molecule has 0 fully saturated rings. The molecular weight excluding hydrogens is 380 g/mol. The van der Waals surface area contributed by atoms with Gasteiger partial charge in [-0.3, -0.25) is 9.59 Å². The molecule has 0 spiro atoms. The number of aliphatic hydroxyl groups is 1. The molecule has 0 radical (unpaired) electrons. The van der Waals surface area contributed by atoms with Crippen LogP contribution in [0, 0.1) is 0 Å². The van der Waals surface area contributed by atoms with E-state index in [0.717, 1.165) is 0 Å². The first-order chi connectivity index (χ1) is 14.5. The van der Waals surface area contributed by atoms with Crippen LogP contribution in [0.25, 0.3) is 0 Å². The molecular formula is C24H22N2O4. The number of carboxylic acid groups (broad SMARTS) is 1. The number of carbonyl (C=O) groups is 2. The number of nitrogens with zero attached hydrogens (tertiary/aromatic N) is 1. The van der Waals surface area contributed by atoms with Gasteiger partial charge in [-0.1, -0.05) is 91.0 Å². The topological polar surface area (TPSA) is 99.0 Å². The number of hydrogen-bond acceptors (Lipinski definition) is 4. The number of aliphatic carboxylic acids is 1. The Bertz CT molecular complexity index is 979. The summed E-state index contributed by atoms with van der Waals surface area (Å²) in [7, 11) is 0. The van der Waals surface area contributed by atoms with Crippen LogP contribution >= 0.6 is 0 Å². The number of hydrazone groups is 1. The van der Waals surface area contributed by atoms with Gasteiger partial charge in [-0.2, -0.15) is 5.10 Å². The fourth-order valence-electron chi connectivity index (χ4n) is 3.11. The summed E-state index contributed by atoms with van der Waals surface area (Å²) in [6.45, 7) is 0. The molecule has 0 bridgehead atoms. The predicted molar refractivity (Wildman–Crippen MR) is 114 cm³/mol. The minimum Gasteiger partial charge on any atom is -0.481 e. The number of carbonyl (C=O) groups excluding carboxylic acids is 1. The van der Waals surface area contributed by atoms with Gasteiger partial charge in [-0.15, -0.1) is 0 Å². The summed E-state index contributed by atoms with van der Waals surface area (Å²) in [5.74, 6) is -1.70. The van der Waals surface area contributed by atoms with Crippen molar-refractivity contribution in [1.82, 2.24) is 5.43 Å². The van der Waals surface area contributed by atoms with Crippen molar-refractivity contribution >= 4 is 17.6 Å². The zero-order chi connectivity index (χ0) is 21.4. The van der Waals surface area contributed by atoms with E-state index < -0.39 is 17.5 Å². The third-order valence-electron chi connectivity index (χ3n) is 4.69. The van der Waals surface area contributed by atoms with E-state index in [4.69, 9.17) is 5.11 Å². The van der Waals surface area contributed by atoms with Crippen molar-refractivity contribution < 1.29 is 19.8 Å². The zero-order valence-corrected chi connectivity index (χ0v) is 16.2. The van der Waals surface area contributed by atoms with Gasteiger partial charge in [0.25, 0.3) is 5.91 Å². The summed E-state index contributed by atoms with van der Waals surface area (Å²) < 4.78 is 0. The number of benzene rings is 3. The first kappa shape index (κ1) is 21.0. The lowest BCUT2D eigenvalue weighted by Crippen LogP contribution is -2.44. The number of amides is 1. The number of carboxylic acids is 1. The molecule has 0 saturated carbocycles. The van der Waals surface area contributed by atoms with Crippen LogP contribution in [-0.2, 0) is 15.2 Å². The summed E-state index contributed by atoms with van der Waals surface area (Å²) in [6.07, 6.45) is -0.0000340. The van der Waals surface area contributed by atoms with Gasteiger partial charge in [0.2, 0.25) is 0 Å². The van der Waals surface area contributed by atoms with Crippen LogP contribution in [0.5, 0.6) is 0 Å². The maximum absolute atomic E-state index is 13.2. The minimum absolute atomic E-state index is 0.134. The number of nitrogens with one attached hydrogen (secondary N) is 1. The van der Waals surface area contributed by atoms with Gasteiger partial charge in [0.05, 0.1) is 12.1 Å². The third-order valence-corrected chi connectivity index (χ3v) is 4.69. The molecule has 0 aliphatic carbocycles. The maximum Gasteiger partial charge on any atom is 0.303 e. The Hall–Kier alpha value is -3.77. The van der Waals surface area contributed by atoms with E-state index in [-0.39, 0.29) is 12.8 Å². The summed E-state index contributed by atoms with van der Waals surface area (Å²) in [5.41, 5.74) is 2.40. The molecule has 3 aromatic carbocycles. The Balaban J connectivity index is 1.95. The lowest BCUT2D eigenvalue weighted by Gasteiger charge is -2.27. The molecule has 0 atom stereocenters. The molecule has 1 amide bonds. The van der Waals surface area contributed by atoms with Gasteiger partial charge in [-0.25, -0.2) is 5.43 Å². The predicted octanol–water partition coefficient (Wildman–Crippen LogP) is 3.31. The fourth-order valence-corrected chi connectivity index (χ4v) is 3.11. The average Bonchev–Trinajstić information content (AvgIpc) is 2.80. The van der Waals surface area contributed by atoms with Crippen molar-refractivity contribution in [2.75, 3.05) is 0 Å². The quantitative estimate of drug-likeness (QED) is 0.398. The van der Waals surface area contributed by atoms with Crippen molar-refractivity contribution in [1.29, 1.82) is 0 Å². The van der Waals surface area contributed by atoms with Crippen molar-refractivity contribution in [3.8, 4) is 0 Å². The standard InChI is InChI=1S/C24H22N2O4/c27-22(28)17-16-21(18-10-4-1-5-11-18)25-26-23(29)24(30,19-12-6-2-7-13-19)20-14-8-3-9-15-20/h1-15,30H,16-17H2,(H,26,29)(H,27,28). The molecule has 0 saturated heterocycles. The lowest BCUT2D eigenvalue weighted by atomic mass is 9.85. The summed E-state index contributed by atoms with van der Waals surface area (Å²) in [5, 5.41) is 24.7. The second-order valence-electron chi connectivity index (χ2n) is 6.70. The van der Waals surface area contributed by atoms with E-state index in [9.17, 15) is 14.7 Å². The molecule has 0 aliphatic heterocycles. The summed E-state index contributed by atoms with van der Waals surface area (Å²) in [6, 6.07) is 26.2. The molecule has 6 heteroatoms. The lowest BCUT2D eigenvalue weighted by molar-refractivity contribution is -0.137. The van der Waals surface area contributed by atoms with Crippen LogP contribution in [0.2, 0.25) is 0 Å². The zero-order valence-electron chi connectivity index (χ0n) is 16.2. The Morgan fingerprint density at radius 1 is 0.767 bits per heavy atom. The Morgan fingerprint density at radius 3 is 1.70 bits per heavy atom. The Morgan fingerprint density at radius 2 is 1.23 bits per heavy atom. The SMILES string of the molecule is O=C(O)CCC(=NNC(=O)C(O)(c1ccccc1)c1ccccc1)c1ccccc1. The van der Waals surface area contributed by atoms with Gasteiger partial charge in [-0.05, 0) is 16.7 Å². The van der Waals surface area contributed by atoms with E-state index in [0.29, 0.717) is 22.4 Å². The molecule has 3 N–H and O–H groups in total. The van der Waals surface area contributed by atoms with Crippen molar-refractivity contribution in [3.63, 3.8) is 0 Å². The van der Waals surface area contributed by atoms with Crippen LogP contribution in [0.15, 0.2) is 96.1 Å². The second kappa shape index (κ2) is 9.62. The van der Waals surface area contributed by atoms with E-state index >= 15 is 0 Å². The van der Waals surface area contributed by atoms with Crippen LogP contribution in [0.4, 0.5) is 0 Å². The monoisotopic (exact) mass is 402 g/mol. The highest BCUT2D eigenvalue weighted by Gasteiger charge is 2.40. The van der Waals surface area contributed by atoms with Gasteiger partial charge >= 0.3 is 5.97 Å². The summed E-state index contributed by atoms with van der Waals surface area (Å²) in [4.78, 5) is 24.2. The fraction of sp³-hybridized carbons (Fsp3) is 0.125. The van der Waals surface area contributed by atoms with Gasteiger partial charge < -0.3 is 10.2 Å². The Kier molecular flexibility index (Phi) is 6.72. The van der Waals surface area contributed by atoms with E-state index in [1.807, 2.05) is 6.07 Å². The van der Waals surface area contributed by atoms with Crippen LogP contribution < -0.4 is 5.43 Å². The number of rotatable bonds is 8. The highest BCUT2D eigenvalue weighted by atomic mass is 16.4. The molecule has 30 heavy (non-hydrogen) atoms. The van der Waals surface area contributed by atoms with E-state index in [1.165, 1.54) is 0 Å². The van der Waals surface area contributed by atoms with E-state index in [1.54, 1.807) is 84.9 Å². The Labute approximate surface area is 174 Å². The van der Waals surface area contributed by atoms with Crippen LogP contribution in [0.1, 0.15) is 29.5 Å². The number of hydrogen-bond donors (Lipinski definition) is 3. The third kappa shape index (κ3) is 4.79. The van der Waals surface area contributed by atoms with Gasteiger partial charge in [0.15, 0.2) is 5.60 Å². The van der Waals surface area contributed by atoms with Crippen molar-refractivity contribution in [3.05, 3.63) is 108 Å². The smallest absolute Gasteiger partial charge is 0.303 e. The van der Waals surface area contributed by atoms with Crippen LogP contribution in [-0.4, -0.2) is 27.8 Å². The molecule has 6 nitrogen and oxygen atoms in total. The van der Waals surface area contributed by atoms with Gasteiger partial charge in [0.1, 0.15) is 0 Å². The normalized spacial score (nSPS) is 11.7. The van der Waals surface area contributed by atoms with Crippen LogP contribution in [0.3, 0.4) is 0 Å². The molecule has 0 heterocycles. The molecule has 0 unspecified atom stereocenters. The largest absolute Gasteiger partial charge is 0.481 e. The molecule has 3 aromatic rings. The van der Waals surface area contributed by atoms with Gasteiger partial charge in [0, 0.05) is 6.42 Å².